The van der Waals surface area contributed by atoms with E-state index in [1.54, 1.807) is 0 Å². The van der Waals surface area contributed by atoms with Crippen LogP contribution in [0.5, 0.6) is 0 Å². The van der Waals surface area contributed by atoms with Crippen LogP contribution in [0.25, 0.3) is 0 Å². The largest absolute Gasteiger partial charge is 0.341 e. The minimum atomic E-state index is -0.625. The van der Waals surface area contributed by atoms with Crippen molar-refractivity contribution in [1.29, 1.82) is 0 Å². The lowest BCUT2D eigenvalue weighted by molar-refractivity contribution is -0.364. The fourth-order valence-corrected chi connectivity index (χ4v) is 2.86. The summed E-state index contributed by atoms with van der Waals surface area (Å²) in [5.74, 6) is -0.183. The zero-order chi connectivity index (χ0) is 16.2. The summed E-state index contributed by atoms with van der Waals surface area (Å²) in [6, 6.07) is 9.25. The number of benzene rings is 1. The number of nitrogens with zero attached hydrogens (tertiary/aromatic N) is 2. The number of aromatic amines is 1. The first-order chi connectivity index (χ1) is 11.1. The fourth-order valence-electron chi connectivity index (χ4n) is 2.56. The number of piperazine rings is 1. The van der Waals surface area contributed by atoms with Crippen molar-refractivity contribution >= 4 is 28.8 Å². The van der Waals surface area contributed by atoms with Gasteiger partial charge in [-0.1, -0.05) is 6.07 Å². The van der Waals surface area contributed by atoms with E-state index >= 15 is 0 Å². The minimum Gasteiger partial charge on any atom is -0.341 e. The summed E-state index contributed by atoms with van der Waals surface area (Å²) in [7, 11) is 0. The van der Waals surface area contributed by atoms with Gasteiger partial charge in [-0.15, -0.1) is 0 Å². The number of nitrogens with one attached hydrogen (secondary N) is 2. The zero-order valence-electron chi connectivity index (χ0n) is 12.4. The molecule has 2 N–H and O–H groups in total. The maximum absolute atomic E-state index is 13.2. The number of H-pyrrole nitrogens is 1. The molecule has 2 heterocycles. The molecule has 0 atom stereocenters. The van der Waals surface area contributed by atoms with Crippen LogP contribution in [0.2, 0.25) is 0 Å². The molecule has 0 radical (unpaired) electrons. The Morgan fingerprint density at radius 2 is 1.74 bits per heavy atom. The van der Waals surface area contributed by atoms with Crippen LogP contribution >= 0.6 is 12.2 Å². The van der Waals surface area contributed by atoms with Gasteiger partial charge in [-0.25, -0.2) is 13.8 Å². The Morgan fingerprint density at radius 3 is 2.35 bits per heavy atom. The average Bonchev–Trinajstić information content (AvgIpc) is 2.55. The molecule has 1 aromatic carbocycles. The number of hydrogen-bond acceptors (Lipinski definition) is 2. The summed E-state index contributed by atoms with van der Waals surface area (Å²) in [6.45, 7) is 3.12. The maximum Gasteiger partial charge on any atom is 0.274 e. The molecule has 0 amide bonds. The summed E-state index contributed by atoms with van der Waals surface area (Å²) in [6.07, 6.45) is 1.90. The van der Waals surface area contributed by atoms with E-state index in [1.165, 1.54) is 12.1 Å². The molecule has 0 bridgehead atoms. The Morgan fingerprint density at radius 1 is 1.04 bits per heavy atom. The van der Waals surface area contributed by atoms with Gasteiger partial charge in [-0.3, -0.25) is 4.90 Å². The van der Waals surface area contributed by atoms with Crippen molar-refractivity contribution < 1.29 is 13.8 Å². The molecule has 0 saturated carbocycles. The molecule has 0 aliphatic carbocycles. The molecule has 3 rings (SSSR count). The van der Waals surface area contributed by atoms with Crippen molar-refractivity contribution in [2.75, 3.05) is 36.4 Å². The Kier molecular flexibility index (Phi) is 4.66. The third kappa shape index (κ3) is 3.92. The third-order valence-electron chi connectivity index (χ3n) is 3.71. The van der Waals surface area contributed by atoms with Gasteiger partial charge in [0, 0.05) is 17.8 Å². The van der Waals surface area contributed by atoms with Crippen LogP contribution in [0, 0.1) is 11.6 Å². The molecule has 4 nitrogen and oxygen atoms in total. The van der Waals surface area contributed by atoms with Crippen molar-refractivity contribution in [3.05, 3.63) is 54.2 Å². The van der Waals surface area contributed by atoms with E-state index in [9.17, 15) is 8.78 Å². The molecule has 1 saturated heterocycles. The van der Waals surface area contributed by atoms with E-state index in [0.29, 0.717) is 10.8 Å². The summed E-state index contributed by atoms with van der Waals surface area (Å²) in [4.78, 5) is 7.44. The first-order valence-electron chi connectivity index (χ1n) is 7.35. The van der Waals surface area contributed by atoms with Crippen molar-refractivity contribution in [2.45, 2.75) is 0 Å². The molecule has 2 aromatic rings. The fraction of sp³-hybridized carbons (Fsp3) is 0.250. The number of halogens is 2. The van der Waals surface area contributed by atoms with Crippen LogP contribution in [-0.4, -0.2) is 36.2 Å². The van der Waals surface area contributed by atoms with Crippen LogP contribution in [0.1, 0.15) is 0 Å². The highest BCUT2D eigenvalue weighted by atomic mass is 32.1. The molecule has 23 heavy (non-hydrogen) atoms. The normalized spacial score (nSPS) is 14.7. The van der Waals surface area contributed by atoms with E-state index in [2.05, 4.69) is 15.2 Å². The standard InChI is InChI=1S/C16H16F2N4S/c17-12-9-13(18)11-14(10-12)20-16(23)22-7-5-21(6-8-22)15-3-1-2-4-19-15/h1-4,9-11H,5-8H2,(H,20,23)/p+1. The topological polar surface area (TPSA) is 32.6 Å². The highest BCUT2D eigenvalue weighted by Crippen LogP contribution is 2.15. The molecule has 1 aliphatic heterocycles. The quantitative estimate of drug-likeness (QED) is 0.854. The van der Waals surface area contributed by atoms with Gasteiger partial charge in [-0.2, -0.15) is 0 Å². The van der Waals surface area contributed by atoms with Gasteiger partial charge in [0.25, 0.3) is 5.82 Å². The zero-order valence-corrected chi connectivity index (χ0v) is 13.2. The summed E-state index contributed by atoms with van der Waals surface area (Å²) < 4.78 is 26.4. The SMILES string of the molecule is Fc1cc(F)cc(NC(=S)N2CCN(c3cccc[nH+]3)CC2)c1. The Balaban J connectivity index is 1.58. The van der Waals surface area contributed by atoms with Crippen LogP contribution in [0.15, 0.2) is 42.6 Å². The molecule has 0 unspecified atom stereocenters. The van der Waals surface area contributed by atoms with Gasteiger partial charge >= 0.3 is 0 Å². The lowest BCUT2D eigenvalue weighted by Crippen LogP contribution is -2.51. The number of hydrogen-bond donors (Lipinski definition) is 1. The average molecular weight is 335 g/mol. The molecule has 0 spiro atoms. The summed E-state index contributed by atoms with van der Waals surface area (Å²) >= 11 is 5.34. The second-order valence-corrected chi connectivity index (χ2v) is 5.70. The summed E-state index contributed by atoms with van der Waals surface area (Å²) in [5.41, 5.74) is 0.325. The van der Waals surface area contributed by atoms with Gasteiger partial charge in [-0.05, 0) is 30.4 Å². The highest BCUT2D eigenvalue weighted by molar-refractivity contribution is 7.80. The van der Waals surface area contributed by atoms with Gasteiger partial charge < -0.3 is 10.2 Å². The molecular weight excluding hydrogens is 318 g/mol. The van der Waals surface area contributed by atoms with Crippen molar-refractivity contribution in [1.82, 2.24) is 4.90 Å². The molecular formula is C16H17F2N4S+. The van der Waals surface area contributed by atoms with Crippen LogP contribution in [0.4, 0.5) is 20.3 Å². The Labute approximate surface area is 138 Å². The van der Waals surface area contributed by atoms with E-state index in [0.717, 1.165) is 38.1 Å². The molecule has 1 aliphatic rings. The van der Waals surface area contributed by atoms with Gasteiger partial charge in [0.05, 0.1) is 19.3 Å². The van der Waals surface area contributed by atoms with Crippen molar-refractivity contribution in [3.8, 4) is 0 Å². The molecule has 1 aromatic heterocycles. The monoisotopic (exact) mass is 335 g/mol. The first kappa shape index (κ1) is 15.6. The van der Waals surface area contributed by atoms with E-state index in [4.69, 9.17) is 12.2 Å². The summed E-state index contributed by atoms with van der Waals surface area (Å²) in [5, 5.41) is 3.38. The number of aromatic nitrogens is 1. The van der Waals surface area contributed by atoms with E-state index in [-0.39, 0.29) is 0 Å². The number of anilines is 2. The Bertz CT molecular complexity index is 667. The molecule has 7 heteroatoms. The second-order valence-electron chi connectivity index (χ2n) is 5.31. The van der Waals surface area contributed by atoms with E-state index in [1.807, 2.05) is 29.3 Å². The van der Waals surface area contributed by atoms with Gasteiger partial charge in [0.2, 0.25) is 0 Å². The molecule has 120 valence electrons. The smallest absolute Gasteiger partial charge is 0.274 e. The first-order valence-corrected chi connectivity index (χ1v) is 7.76. The van der Waals surface area contributed by atoms with Crippen molar-refractivity contribution in [3.63, 3.8) is 0 Å². The number of thiocarbonyl (C=S) groups is 1. The lowest BCUT2D eigenvalue weighted by Gasteiger charge is -2.32. The molecule has 1 fully saturated rings. The number of rotatable bonds is 2. The lowest BCUT2D eigenvalue weighted by atomic mass is 10.3. The van der Waals surface area contributed by atoms with Gasteiger partial charge in [0.1, 0.15) is 24.7 Å². The highest BCUT2D eigenvalue weighted by Gasteiger charge is 2.24. The predicted molar refractivity (Wildman–Crippen MR) is 89.4 cm³/mol. The van der Waals surface area contributed by atoms with Crippen LogP contribution in [0.3, 0.4) is 0 Å². The van der Waals surface area contributed by atoms with Crippen LogP contribution in [-0.2, 0) is 0 Å². The number of pyridine rings is 1. The van der Waals surface area contributed by atoms with E-state index < -0.39 is 11.6 Å². The Hall–Kier alpha value is -2.28. The third-order valence-corrected chi connectivity index (χ3v) is 4.07. The maximum atomic E-state index is 13.2. The van der Waals surface area contributed by atoms with Crippen LogP contribution < -0.4 is 15.2 Å². The minimum absolute atomic E-state index is 0.325. The van der Waals surface area contributed by atoms with Crippen molar-refractivity contribution in [2.24, 2.45) is 0 Å². The second kappa shape index (κ2) is 6.87. The predicted octanol–water partition coefficient (Wildman–Crippen LogP) is 2.30. The van der Waals surface area contributed by atoms with Gasteiger partial charge in [0.15, 0.2) is 5.11 Å².